The van der Waals surface area contributed by atoms with Crippen molar-refractivity contribution in [2.24, 2.45) is 7.05 Å². The zero-order valence-corrected chi connectivity index (χ0v) is 10.2. The predicted octanol–water partition coefficient (Wildman–Crippen LogP) is -0.935. The van der Waals surface area contributed by atoms with Crippen LogP contribution in [0.15, 0.2) is 11.4 Å². The molecule has 2 heterocycles. The molecule has 0 unspecified atom stereocenters. The molecule has 0 radical (unpaired) electrons. The van der Waals surface area contributed by atoms with Crippen LogP contribution in [-0.2, 0) is 23.6 Å². The van der Waals surface area contributed by atoms with Gasteiger partial charge in [-0.15, -0.1) is 10.2 Å². The Bertz CT molecular complexity index is 604. The first-order valence-corrected chi connectivity index (χ1v) is 6.25. The molecule has 0 aromatic carbocycles. The summed E-state index contributed by atoms with van der Waals surface area (Å²) in [6.07, 6.45) is 1.31. The third-order valence-corrected chi connectivity index (χ3v) is 3.79. The number of rotatable bonds is 4. The summed E-state index contributed by atoms with van der Waals surface area (Å²) in [6, 6.07) is 0. The summed E-state index contributed by atoms with van der Waals surface area (Å²) in [5.74, 6) is 0.223. The Labute approximate surface area is 101 Å². The smallest absolute Gasteiger partial charge is 0.261 e. The van der Waals surface area contributed by atoms with E-state index in [0.717, 1.165) is 0 Å². The van der Waals surface area contributed by atoms with E-state index in [1.807, 2.05) is 0 Å². The minimum absolute atomic E-state index is 0.0330. The van der Waals surface area contributed by atoms with Crippen molar-refractivity contribution >= 4 is 21.6 Å². The van der Waals surface area contributed by atoms with Gasteiger partial charge in [-0.2, -0.15) is 5.21 Å². The lowest BCUT2D eigenvalue weighted by Gasteiger charge is -2.01. The van der Waals surface area contributed by atoms with Crippen molar-refractivity contribution in [1.29, 1.82) is 0 Å². The Morgan fingerprint density at radius 2 is 2.35 bits per heavy atom. The molecule has 2 N–H and O–H groups in total. The Kier molecular flexibility index (Phi) is 3.09. The van der Waals surface area contributed by atoms with Crippen molar-refractivity contribution in [3.63, 3.8) is 0 Å². The third kappa shape index (κ3) is 2.43. The molecule has 92 valence electrons. The number of imidazole rings is 1. The first-order valence-electron chi connectivity index (χ1n) is 4.39. The summed E-state index contributed by atoms with van der Waals surface area (Å²) >= 11 is 5.79. The van der Waals surface area contributed by atoms with Gasteiger partial charge in [-0.05, 0) is 0 Å². The lowest BCUT2D eigenvalue weighted by atomic mass is 10.7. The number of nitrogens with one attached hydrogen (secondary N) is 2. The second-order valence-corrected chi connectivity index (χ2v) is 5.14. The van der Waals surface area contributed by atoms with Crippen LogP contribution in [0.25, 0.3) is 0 Å². The molecule has 2 aromatic rings. The maximum absolute atomic E-state index is 11.8. The fourth-order valence-electron chi connectivity index (χ4n) is 1.06. The maximum atomic E-state index is 11.8. The molecule has 0 fully saturated rings. The molecule has 2 aromatic heterocycles. The van der Waals surface area contributed by atoms with Crippen molar-refractivity contribution in [1.82, 2.24) is 34.9 Å². The van der Waals surface area contributed by atoms with Gasteiger partial charge in [0.2, 0.25) is 5.03 Å². The van der Waals surface area contributed by atoms with Gasteiger partial charge in [0.1, 0.15) is 5.15 Å². The zero-order chi connectivity index (χ0) is 12.5. The number of nitrogens with zero attached hydrogens (tertiary/aromatic N) is 5. The average molecular weight is 278 g/mol. The number of aromatic amines is 1. The molecular formula is C6H8ClN7O2S. The van der Waals surface area contributed by atoms with Gasteiger partial charge in [-0.25, -0.2) is 18.1 Å². The van der Waals surface area contributed by atoms with E-state index in [2.05, 4.69) is 30.3 Å². The van der Waals surface area contributed by atoms with Crippen molar-refractivity contribution in [2.45, 2.75) is 11.6 Å². The SMILES string of the molecule is Cn1cnc(S(=O)(=O)NCc2nn[nH]n2)c1Cl. The fourth-order valence-corrected chi connectivity index (χ4v) is 2.46. The number of aromatic nitrogens is 6. The van der Waals surface area contributed by atoms with Gasteiger partial charge in [-0.1, -0.05) is 16.8 Å². The Balaban J connectivity index is 2.17. The Morgan fingerprint density at radius 3 is 2.88 bits per heavy atom. The number of aryl methyl sites for hydroxylation is 1. The largest absolute Gasteiger partial charge is 0.324 e. The summed E-state index contributed by atoms with van der Waals surface area (Å²) in [5.41, 5.74) is 0. The maximum Gasteiger partial charge on any atom is 0.261 e. The molecular weight excluding hydrogens is 270 g/mol. The van der Waals surface area contributed by atoms with Crippen LogP contribution in [0.2, 0.25) is 5.15 Å². The van der Waals surface area contributed by atoms with Crippen molar-refractivity contribution in [2.75, 3.05) is 0 Å². The minimum atomic E-state index is -3.78. The Morgan fingerprint density at radius 1 is 1.59 bits per heavy atom. The first-order chi connectivity index (χ1) is 8.00. The first kappa shape index (κ1) is 12.0. The molecule has 0 saturated heterocycles. The van der Waals surface area contributed by atoms with Crippen LogP contribution < -0.4 is 4.72 Å². The zero-order valence-electron chi connectivity index (χ0n) is 8.62. The van der Waals surface area contributed by atoms with Crippen molar-refractivity contribution in [3.05, 3.63) is 17.3 Å². The van der Waals surface area contributed by atoms with Crippen LogP contribution in [0.5, 0.6) is 0 Å². The van der Waals surface area contributed by atoms with Crippen LogP contribution in [0.4, 0.5) is 0 Å². The lowest BCUT2D eigenvalue weighted by Crippen LogP contribution is -2.24. The summed E-state index contributed by atoms with van der Waals surface area (Å²) in [6.45, 7) is -0.0915. The van der Waals surface area contributed by atoms with Gasteiger partial charge in [-0.3, -0.25) is 0 Å². The summed E-state index contributed by atoms with van der Waals surface area (Å²) in [7, 11) is -2.19. The van der Waals surface area contributed by atoms with E-state index in [1.54, 1.807) is 7.05 Å². The van der Waals surface area contributed by atoms with E-state index in [0.29, 0.717) is 0 Å². The molecule has 0 spiro atoms. The molecule has 0 amide bonds. The van der Waals surface area contributed by atoms with Crippen LogP contribution in [-0.4, -0.2) is 38.6 Å². The second-order valence-electron chi connectivity index (χ2n) is 3.10. The van der Waals surface area contributed by atoms with Gasteiger partial charge in [0, 0.05) is 7.05 Å². The molecule has 0 saturated carbocycles. The number of halogens is 1. The highest BCUT2D eigenvalue weighted by Crippen LogP contribution is 2.18. The number of tetrazole rings is 1. The van der Waals surface area contributed by atoms with Crippen LogP contribution in [0.3, 0.4) is 0 Å². The summed E-state index contributed by atoms with van der Waals surface area (Å²) in [5, 5.41) is 12.5. The van der Waals surface area contributed by atoms with Crippen molar-refractivity contribution < 1.29 is 8.42 Å². The fraction of sp³-hybridized carbons (Fsp3) is 0.333. The monoisotopic (exact) mass is 277 g/mol. The predicted molar refractivity (Wildman–Crippen MR) is 56.4 cm³/mol. The van der Waals surface area contributed by atoms with E-state index in [1.165, 1.54) is 10.9 Å². The quantitative estimate of drug-likeness (QED) is 0.745. The van der Waals surface area contributed by atoms with Crippen LogP contribution in [0.1, 0.15) is 5.82 Å². The molecule has 0 aliphatic heterocycles. The van der Waals surface area contributed by atoms with Gasteiger partial charge in [0.15, 0.2) is 5.82 Å². The van der Waals surface area contributed by atoms with E-state index < -0.39 is 10.0 Å². The lowest BCUT2D eigenvalue weighted by molar-refractivity contribution is 0.576. The molecule has 0 bridgehead atoms. The van der Waals surface area contributed by atoms with E-state index >= 15 is 0 Å². The third-order valence-electron chi connectivity index (χ3n) is 1.90. The van der Waals surface area contributed by atoms with Crippen molar-refractivity contribution in [3.8, 4) is 0 Å². The normalized spacial score (nSPS) is 11.9. The highest BCUT2D eigenvalue weighted by atomic mass is 35.5. The van der Waals surface area contributed by atoms with Gasteiger partial charge < -0.3 is 4.57 Å². The molecule has 0 aliphatic rings. The second kappa shape index (κ2) is 4.39. The average Bonchev–Trinajstić information content (AvgIpc) is 2.88. The highest BCUT2D eigenvalue weighted by molar-refractivity contribution is 7.89. The molecule has 2 rings (SSSR count). The molecule has 9 nitrogen and oxygen atoms in total. The molecule has 0 aliphatic carbocycles. The van der Waals surface area contributed by atoms with Crippen LogP contribution in [0, 0.1) is 0 Å². The minimum Gasteiger partial charge on any atom is -0.324 e. The number of H-pyrrole nitrogens is 1. The Hall–Kier alpha value is -1.52. The van der Waals surface area contributed by atoms with Gasteiger partial charge in [0.05, 0.1) is 12.9 Å². The van der Waals surface area contributed by atoms with E-state index in [4.69, 9.17) is 11.6 Å². The summed E-state index contributed by atoms with van der Waals surface area (Å²) in [4.78, 5) is 3.70. The molecule has 17 heavy (non-hydrogen) atoms. The van der Waals surface area contributed by atoms with Gasteiger partial charge in [0.25, 0.3) is 10.0 Å². The topological polar surface area (TPSA) is 118 Å². The standard InChI is InChI=1S/C6H8ClN7O2S/c1-14-3-8-6(5(14)7)17(15,16)9-2-4-10-12-13-11-4/h3,9H,2H2,1H3,(H,10,11,12,13). The molecule has 11 heteroatoms. The number of sulfonamides is 1. The highest BCUT2D eigenvalue weighted by Gasteiger charge is 2.22. The number of hydrogen-bond donors (Lipinski definition) is 2. The van der Waals surface area contributed by atoms with E-state index in [9.17, 15) is 8.42 Å². The number of hydrogen-bond acceptors (Lipinski definition) is 6. The van der Waals surface area contributed by atoms with E-state index in [-0.39, 0.29) is 22.5 Å². The molecule has 0 atom stereocenters. The van der Waals surface area contributed by atoms with Gasteiger partial charge >= 0.3 is 0 Å². The summed E-state index contributed by atoms with van der Waals surface area (Å²) < 4.78 is 27.3. The van der Waals surface area contributed by atoms with Crippen LogP contribution >= 0.6 is 11.6 Å².